The predicted octanol–water partition coefficient (Wildman–Crippen LogP) is 1.52. The standard InChI is InChI=1S/C14H20N2O2/c1-10(17)11-4-5-14(18)12(7-11)8-16-6-2-3-13(15)9-16/h4-5,7,13,18H,2-3,6,8-9,15H2,1H3. The van der Waals surface area contributed by atoms with Crippen molar-refractivity contribution in [2.24, 2.45) is 5.73 Å². The lowest BCUT2D eigenvalue weighted by Crippen LogP contribution is -2.42. The van der Waals surface area contributed by atoms with E-state index in [2.05, 4.69) is 4.90 Å². The Hall–Kier alpha value is -1.39. The topological polar surface area (TPSA) is 66.6 Å². The summed E-state index contributed by atoms with van der Waals surface area (Å²) in [6.07, 6.45) is 2.16. The number of carbonyl (C=O) groups is 1. The minimum absolute atomic E-state index is 0.0200. The molecule has 4 nitrogen and oxygen atoms in total. The number of piperidine rings is 1. The van der Waals surface area contributed by atoms with E-state index in [1.54, 1.807) is 18.2 Å². The third kappa shape index (κ3) is 3.09. The highest BCUT2D eigenvalue weighted by atomic mass is 16.3. The van der Waals surface area contributed by atoms with E-state index >= 15 is 0 Å². The van der Waals surface area contributed by atoms with Crippen LogP contribution in [0.25, 0.3) is 0 Å². The molecule has 1 saturated heterocycles. The zero-order valence-electron chi connectivity index (χ0n) is 10.7. The van der Waals surface area contributed by atoms with Gasteiger partial charge in [-0.05, 0) is 44.5 Å². The Balaban J connectivity index is 2.12. The average Bonchev–Trinajstić information content (AvgIpc) is 2.31. The monoisotopic (exact) mass is 248 g/mol. The number of carbonyl (C=O) groups excluding carboxylic acids is 1. The SMILES string of the molecule is CC(=O)c1ccc(O)c(CN2CCCC(N)C2)c1. The highest BCUT2D eigenvalue weighted by Gasteiger charge is 2.18. The molecule has 1 heterocycles. The number of hydrogen-bond donors (Lipinski definition) is 2. The van der Waals surface area contributed by atoms with Crippen molar-refractivity contribution in [1.29, 1.82) is 0 Å². The van der Waals surface area contributed by atoms with Gasteiger partial charge in [-0.25, -0.2) is 0 Å². The van der Waals surface area contributed by atoms with Crippen molar-refractivity contribution < 1.29 is 9.90 Å². The second-order valence-corrected chi connectivity index (χ2v) is 5.04. The molecule has 0 amide bonds. The first-order valence-electron chi connectivity index (χ1n) is 6.37. The molecule has 1 fully saturated rings. The van der Waals surface area contributed by atoms with Gasteiger partial charge in [0.25, 0.3) is 0 Å². The van der Waals surface area contributed by atoms with Gasteiger partial charge in [0, 0.05) is 30.3 Å². The van der Waals surface area contributed by atoms with Crippen LogP contribution in [0.1, 0.15) is 35.7 Å². The van der Waals surface area contributed by atoms with E-state index < -0.39 is 0 Å². The first-order valence-corrected chi connectivity index (χ1v) is 6.37. The molecule has 1 aromatic rings. The van der Waals surface area contributed by atoms with Crippen LogP contribution in [0.4, 0.5) is 0 Å². The van der Waals surface area contributed by atoms with Gasteiger partial charge >= 0.3 is 0 Å². The summed E-state index contributed by atoms with van der Waals surface area (Å²) in [6.45, 7) is 4.04. The molecule has 0 aromatic heterocycles. The third-order valence-electron chi connectivity index (χ3n) is 3.42. The number of nitrogens with zero attached hydrogens (tertiary/aromatic N) is 1. The maximum absolute atomic E-state index is 11.3. The summed E-state index contributed by atoms with van der Waals surface area (Å²) >= 11 is 0. The third-order valence-corrected chi connectivity index (χ3v) is 3.42. The van der Waals surface area contributed by atoms with Crippen LogP contribution in [0.3, 0.4) is 0 Å². The summed E-state index contributed by atoms with van der Waals surface area (Å²) < 4.78 is 0. The molecule has 1 unspecified atom stereocenters. The quantitative estimate of drug-likeness (QED) is 0.796. The number of phenolic OH excluding ortho intramolecular Hbond substituents is 1. The molecule has 1 aliphatic heterocycles. The van der Waals surface area contributed by atoms with Crippen LogP contribution in [0, 0.1) is 0 Å². The van der Waals surface area contributed by atoms with Crippen LogP contribution in [0.2, 0.25) is 0 Å². The molecule has 0 bridgehead atoms. The van der Waals surface area contributed by atoms with Crippen LogP contribution in [-0.2, 0) is 6.54 Å². The molecule has 4 heteroatoms. The molecule has 0 saturated carbocycles. The van der Waals surface area contributed by atoms with E-state index in [1.165, 1.54) is 6.92 Å². The molecule has 1 aliphatic rings. The van der Waals surface area contributed by atoms with Gasteiger partial charge in [-0.15, -0.1) is 0 Å². The van der Waals surface area contributed by atoms with Crippen molar-refractivity contribution in [3.05, 3.63) is 29.3 Å². The molecular weight excluding hydrogens is 228 g/mol. The van der Waals surface area contributed by atoms with Crippen LogP contribution >= 0.6 is 0 Å². The summed E-state index contributed by atoms with van der Waals surface area (Å²) in [7, 11) is 0. The Morgan fingerprint density at radius 3 is 3.00 bits per heavy atom. The van der Waals surface area contributed by atoms with Crippen LogP contribution in [-0.4, -0.2) is 34.9 Å². The van der Waals surface area contributed by atoms with Crippen LogP contribution in [0.5, 0.6) is 5.75 Å². The number of hydrogen-bond acceptors (Lipinski definition) is 4. The number of Topliss-reactive ketones (excluding diaryl/α,β-unsaturated/α-hetero) is 1. The molecule has 1 atom stereocenters. The maximum atomic E-state index is 11.3. The molecule has 18 heavy (non-hydrogen) atoms. The second-order valence-electron chi connectivity index (χ2n) is 5.04. The molecular formula is C14H20N2O2. The summed E-state index contributed by atoms with van der Waals surface area (Å²) in [4.78, 5) is 13.6. The van der Waals surface area contributed by atoms with Gasteiger partial charge in [-0.2, -0.15) is 0 Å². The summed E-state index contributed by atoms with van der Waals surface area (Å²) in [5.74, 6) is 0.269. The first kappa shape index (κ1) is 13.1. The van der Waals surface area contributed by atoms with Gasteiger partial charge < -0.3 is 10.8 Å². The molecule has 1 aromatic carbocycles. The number of phenols is 1. The molecule has 98 valence electrons. The summed E-state index contributed by atoms with van der Waals surface area (Å²) in [6, 6.07) is 5.24. The van der Waals surface area contributed by atoms with Gasteiger partial charge in [-0.3, -0.25) is 9.69 Å². The van der Waals surface area contributed by atoms with Crippen molar-refractivity contribution >= 4 is 5.78 Å². The highest BCUT2D eigenvalue weighted by Crippen LogP contribution is 2.22. The minimum atomic E-state index is 0.0200. The fraction of sp³-hybridized carbons (Fsp3) is 0.500. The van der Waals surface area contributed by atoms with Crippen molar-refractivity contribution in [3.63, 3.8) is 0 Å². The lowest BCUT2D eigenvalue weighted by atomic mass is 10.0. The van der Waals surface area contributed by atoms with E-state index in [-0.39, 0.29) is 17.6 Å². The number of benzene rings is 1. The maximum Gasteiger partial charge on any atom is 0.159 e. The molecule has 0 aliphatic carbocycles. The van der Waals surface area contributed by atoms with E-state index in [4.69, 9.17) is 5.73 Å². The van der Waals surface area contributed by atoms with Crippen LogP contribution < -0.4 is 5.73 Å². The molecule has 3 N–H and O–H groups in total. The van der Waals surface area contributed by atoms with Gasteiger partial charge in [0.15, 0.2) is 5.78 Å². The van der Waals surface area contributed by atoms with E-state index in [9.17, 15) is 9.90 Å². The molecule has 2 rings (SSSR count). The van der Waals surface area contributed by atoms with Crippen molar-refractivity contribution in [2.45, 2.75) is 32.4 Å². The zero-order valence-corrected chi connectivity index (χ0v) is 10.7. The number of ketones is 1. The predicted molar refractivity (Wildman–Crippen MR) is 70.6 cm³/mol. The van der Waals surface area contributed by atoms with Crippen LogP contribution in [0.15, 0.2) is 18.2 Å². The Morgan fingerprint density at radius 1 is 1.56 bits per heavy atom. The fourth-order valence-electron chi connectivity index (χ4n) is 2.41. The zero-order chi connectivity index (χ0) is 13.1. The van der Waals surface area contributed by atoms with Crippen molar-refractivity contribution in [2.75, 3.05) is 13.1 Å². The molecule has 0 radical (unpaired) electrons. The second kappa shape index (κ2) is 5.50. The Labute approximate surface area is 107 Å². The molecule has 0 spiro atoms. The van der Waals surface area contributed by atoms with Crippen molar-refractivity contribution in [1.82, 2.24) is 4.90 Å². The van der Waals surface area contributed by atoms with Crippen molar-refractivity contribution in [3.8, 4) is 5.75 Å². The summed E-state index contributed by atoms with van der Waals surface area (Å²) in [5, 5.41) is 9.84. The number of nitrogens with two attached hydrogens (primary N) is 1. The summed E-state index contributed by atoms with van der Waals surface area (Å²) in [5.41, 5.74) is 7.38. The smallest absolute Gasteiger partial charge is 0.159 e. The lowest BCUT2D eigenvalue weighted by Gasteiger charge is -2.30. The van der Waals surface area contributed by atoms with E-state index in [1.807, 2.05) is 0 Å². The van der Waals surface area contributed by atoms with E-state index in [0.717, 1.165) is 31.5 Å². The fourth-order valence-corrected chi connectivity index (χ4v) is 2.41. The van der Waals surface area contributed by atoms with Gasteiger partial charge in [0.1, 0.15) is 5.75 Å². The largest absolute Gasteiger partial charge is 0.508 e. The van der Waals surface area contributed by atoms with Gasteiger partial charge in [0.05, 0.1) is 0 Å². The minimum Gasteiger partial charge on any atom is -0.508 e. The first-order chi connectivity index (χ1) is 8.56. The van der Waals surface area contributed by atoms with E-state index in [0.29, 0.717) is 12.1 Å². The Morgan fingerprint density at radius 2 is 2.33 bits per heavy atom. The lowest BCUT2D eigenvalue weighted by molar-refractivity contribution is 0.101. The number of rotatable bonds is 3. The Bertz CT molecular complexity index is 445. The normalized spacial score (nSPS) is 20.9. The van der Waals surface area contributed by atoms with Gasteiger partial charge in [-0.1, -0.05) is 0 Å². The van der Waals surface area contributed by atoms with Gasteiger partial charge in [0.2, 0.25) is 0 Å². The number of likely N-dealkylation sites (tertiary alicyclic amines) is 1. The average molecular weight is 248 g/mol. The highest BCUT2D eigenvalue weighted by molar-refractivity contribution is 5.94. The Kier molecular flexibility index (Phi) is 3.99. The number of aromatic hydroxyl groups is 1.